The number of nitrogens with zero attached hydrogens (tertiary/aromatic N) is 2. The lowest BCUT2D eigenvalue weighted by Crippen LogP contribution is -2.41. The monoisotopic (exact) mass is 258 g/mol. The van der Waals surface area contributed by atoms with Gasteiger partial charge in [0.05, 0.1) is 6.20 Å². The van der Waals surface area contributed by atoms with Gasteiger partial charge in [0.1, 0.15) is 0 Å². The molecule has 0 aliphatic heterocycles. The molecular formula is C10H18N4O2S. The number of nitrogens with two attached hydrogens (primary N) is 1. The fourth-order valence-corrected chi connectivity index (χ4v) is 3.52. The van der Waals surface area contributed by atoms with Crippen molar-refractivity contribution in [3.8, 4) is 0 Å². The Hall–Kier alpha value is -0.920. The predicted molar refractivity (Wildman–Crippen MR) is 63.8 cm³/mol. The molecule has 0 saturated heterocycles. The number of hydrogen-bond acceptors (Lipinski definition) is 4. The molecule has 1 heterocycles. The van der Waals surface area contributed by atoms with Crippen molar-refractivity contribution in [2.24, 2.45) is 5.73 Å². The molecule has 6 nitrogen and oxygen atoms in total. The van der Waals surface area contributed by atoms with Gasteiger partial charge in [-0.1, -0.05) is 0 Å². The number of nitrogens with one attached hydrogen (secondary N) is 1. The number of H-pyrrole nitrogens is 1. The van der Waals surface area contributed by atoms with Gasteiger partial charge >= 0.3 is 0 Å². The van der Waals surface area contributed by atoms with E-state index in [1.165, 1.54) is 16.6 Å². The van der Waals surface area contributed by atoms with Crippen molar-refractivity contribution in [2.45, 2.75) is 42.8 Å². The molecule has 0 atom stereocenters. The number of sulfonamides is 1. The fraction of sp³-hybridized carbons (Fsp3) is 0.700. The molecule has 0 radical (unpaired) electrons. The van der Waals surface area contributed by atoms with Crippen LogP contribution in [-0.4, -0.2) is 42.1 Å². The molecule has 0 amide bonds. The molecule has 1 aliphatic carbocycles. The number of rotatable bonds is 3. The summed E-state index contributed by atoms with van der Waals surface area (Å²) in [4.78, 5) is 0. The first-order valence-electron chi connectivity index (χ1n) is 5.75. The van der Waals surface area contributed by atoms with E-state index in [4.69, 9.17) is 5.73 Å². The highest BCUT2D eigenvalue weighted by molar-refractivity contribution is 7.89. The lowest BCUT2D eigenvalue weighted by atomic mass is 9.92. The van der Waals surface area contributed by atoms with E-state index in [1.54, 1.807) is 7.05 Å². The summed E-state index contributed by atoms with van der Waals surface area (Å²) >= 11 is 0. The number of aromatic amines is 1. The van der Waals surface area contributed by atoms with Crippen LogP contribution in [0.4, 0.5) is 0 Å². The summed E-state index contributed by atoms with van der Waals surface area (Å²) in [5.41, 5.74) is 5.82. The minimum Gasteiger partial charge on any atom is -0.328 e. The molecule has 1 aliphatic rings. The predicted octanol–water partition coefficient (Wildman–Crippen LogP) is 0.300. The van der Waals surface area contributed by atoms with E-state index in [9.17, 15) is 8.42 Å². The van der Waals surface area contributed by atoms with Crippen LogP contribution in [0.25, 0.3) is 0 Å². The first-order chi connectivity index (χ1) is 8.01. The van der Waals surface area contributed by atoms with Gasteiger partial charge in [-0.25, -0.2) is 8.42 Å². The zero-order chi connectivity index (χ0) is 12.5. The lowest BCUT2D eigenvalue weighted by molar-refractivity contribution is 0.268. The van der Waals surface area contributed by atoms with Gasteiger partial charge in [-0.15, -0.1) is 0 Å². The molecule has 0 bridgehead atoms. The molecule has 0 unspecified atom stereocenters. The molecular weight excluding hydrogens is 240 g/mol. The van der Waals surface area contributed by atoms with Gasteiger partial charge in [-0.2, -0.15) is 9.40 Å². The van der Waals surface area contributed by atoms with Gasteiger partial charge in [-0.3, -0.25) is 5.10 Å². The molecule has 96 valence electrons. The van der Waals surface area contributed by atoms with E-state index in [0.29, 0.717) is 0 Å². The molecule has 0 aromatic carbocycles. The van der Waals surface area contributed by atoms with Crippen LogP contribution in [0.5, 0.6) is 0 Å². The van der Waals surface area contributed by atoms with Crippen molar-refractivity contribution in [2.75, 3.05) is 7.05 Å². The van der Waals surface area contributed by atoms with Gasteiger partial charge in [0.15, 0.2) is 5.03 Å². The Kier molecular flexibility index (Phi) is 3.50. The maximum absolute atomic E-state index is 12.2. The summed E-state index contributed by atoms with van der Waals surface area (Å²) in [5, 5.41) is 6.33. The third-order valence-electron chi connectivity index (χ3n) is 3.39. The normalized spacial score (nSPS) is 26.3. The Morgan fingerprint density at radius 1 is 1.41 bits per heavy atom. The Morgan fingerprint density at radius 3 is 2.59 bits per heavy atom. The van der Waals surface area contributed by atoms with Crippen LogP contribution in [0.2, 0.25) is 0 Å². The Bertz CT molecular complexity index is 449. The lowest BCUT2D eigenvalue weighted by Gasteiger charge is -2.32. The summed E-state index contributed by atoms with van der Waals surface area (Å²) in [6, 6.07) is 1.73. The Morgan fingerprint density at radius 2 is 2.06 bits per heavy atom. The third kappa shape index (κ3) is 2.51. The van der Waals surface area contributed by atoms with E-state index in [2.05, 4.69) is 10.2 Å². The molecule has 1 fully saturated rings. The van der Waals surface area contributed by atoms with Crippen LogP contribution in [0.3, 0.4) is 0 Å². The first-order valence-corrected chi connectivity index (χ1v) is 7.19. The average Bonchev–Trinajstić information content (AvgIpc) is 2.83. The highest BCUT2D eigenvalue weighted by Crippen LogP contribution is 2.25. The summed E-state index contributed by atoms with van der Waals surface area (Å²) in [5.74, 6) is 0. The molecule has 1 saturated carbocycles. The second kappa shape index (κ2) is 4.75. The highest BCUT2D eigenvalue weighted by atomic mass is 32.2. The SMILES string of the molecule is CN(C1CCC(N)CC1)S(=O)(=O)c1ccn[nH]1. The molecule has 1 aromatic heterocycles. The summed E-state index contributed by atoms with van der Waals surface area (Å²) in [6.07, 6.45) is 4.86. The smallest absolute Gasteiger partial charge is 0.259 e. The topological polar surface area (TPSA) is 92.1 Å². The fourth-order valence-electron chi connectivity index (χ4n) is 2.20. The molecule has 2 rings (SSSR count). The van der Waals surface area contributed by atoms with Crippen molar-refractivity contribution in [3.05, 3.63) is 12.3 Å². The average molecular weight is 258 g/mol. The maximum Gasteiger partial charge on any atom is 0.259 e. The van der Waals surface area contributed by atoms with Crippen LogP contribution >= 0.6 is 0 Å². The zero-order valence-electron chi connectivity index (χ0n) is 9.83. The summed E-state index contributed by atoms with van der Waals surface area (Å²) < 4.78 is 25.8. The number of hydrogen-bond donors (Lipinski definition) is 2. The minimum atomic E-state index is -3.44. The largest absolute Gasteiger partial charge is 0.328 e. The molecule has 17 heavy (non-hydrogen) atoms. The van der Waals surface area contributed by atoms with Crippen LogP contribution in [0, 0.1) is 0 Å². The van der Waals surface area contributed by atoms with Gasteiger partial charge in [0, 0.05) is 19.1 Å². The molecule has 3 N–H and O–H groups in total. The molecule has 1 aromatic rings. The van der Waals surface area contributed by atoms with E-state index in [0.717, 1.165) is 25.7 Å². The van der Waals surface area contributed by atoms with E-state index >= 15 is 0 Å². The second-order valence-electron chi connectivity index (χ2n) is 4.51. The first kappa shape index (κ1) is 12.5. The Labute approximate surface area is 101 Å². The molecule has 0 spiro atoms. The minimum absolute atomic E-state index is 0.0445. The summed E-state index contributed by atoms with van der Waals surface area (Å²) in [6.45, 7) is 0. The van der Waals surface area contributed by atoms with E-state index in [-0.39, 0.29) is 17.1 Å². The zero-order valence-corrected chi connectivity index (χ0v) is 10.7. The van der Waals surface area contributed by atoms with Crippen LogP contribution < -0.4 is 5.73 Å². The second-order valence-corrected chi connectivity index (χ2v) is 6.48. The van der Waals surface area contributed by atoms with Crippen molar-refractivity contribution in [1.82, 2.24) is 14.5 Å². The van der Waals surface area contributed by atoms with Crippen molar-refractivity contribution in [3.63, 3.8) is 0 Å². The standard InChI is InChI=1S/C10H18N4O2S/c1-14(9-4-2-8(11)3-5-9)17(15,16)10-6-7-12-13-10/h6-9H,2-5,11H2,1H3,(H,12,13). The number of aromatic nitrogens is 2. The van der Waals surface area contributed by atoms with E-state index < -0.39 is 10.0 Å². The van der Waals surface area contributed by atoms with Crippen LogP contribution in [0.1, 0.15) is 25.7 Å². The van der Waals surface area contributed by atoms with Gasteiger partial charge in [0.25, 0.3) is 10.0 Å². The van der Waals surface area contributed by atoms with Crippen LogP contribution in [-0.2, 0) is 10.0 Å². The van der Waals surface area contributed by atoms with Crippen molar-refractivity contribution >= 4 is 10.0 Å². The summed E-state index contributed by atoms with van der Waals surface area (Å²) in [7, 11) is -1.82. The van der Waals surface area contributed by atoms with Gasteiger partial charge in [0.2, 0.25) is 0 Å². The third-order valence-corrected chi connectivity index (χ3v) is 5.23. The van der Waals surface area contributed by atoms with Crippen molar-refractivity contribution in [1.29, 1.82) is 0 Å². The van der Waals surface area contributed by atoms with E-state index in [1.807, 2.05) is 0 Å². The quantitative estimate of drug-likeness (QED) is 0.815. The Balaban J connectivity index is 2.12. The van der Waals surface area contributed by atoms with Crippen molar-refractivity contribution < 1.29 is 8.42 Å². The van der Waals surface area contributed by atoms with Gasteiger partial charge in [-0.05, 0) is 31.7 Å². The maximum atomic E-state index is 12.2. The van der Waals surface area contributed by atoms with Gasteiger partial charge < -0.3 is 5.73 Å². The molecule has 7 heteroatoms. The highest BCUT2D eigenvalue weighted by Gasteiger charge is 2.31. The van der Waals surface area contributed by atoms with Crippen LogP contribution in [0.15, 0.2) is 17.3 Å².